The van der Waals surface area contributed by atoms with Gasteiger partial charge in [-0.1, -0.05) is 30.3 Å². The highest BCUT2D eigenvalue weighted by Gasteiger charge is 2.16. The molecule has 148 valence electrons. The summed E-state index contributed by atoms with van der Waals surface area (Å²) in [5, 5.41) is 17.0. The average Bonchev–Trinajstić information content (AvgIpc) is 3.38. The molecule has 1 fully saturated rings. The van der Waals surface area contributed by atoms with E-state index in [4.69, 9.17) is 9.15 Å². The van der Waals surface area contributed by atoms with E-state index in [1.165, 1.54) is 0 Å². The van der Waals surface area contributed by atoms with E-state index in [2.05, 4.69) is 15.6 Å². The standard InChI is InChI=1S/C20H27N3O3.HI/c24-19(17-5-2-1-3-6-17)14-23-20(22-13-16-9-12-25-15-16)21-10-8-18-7-4-11-26-18;/h1-7,11,16,19,24H,8-10,12-15H2,(H2,21,22,23);1H. The molecular formula is C20H28IN3O3. The number of halogens is 1. The number of ether oxygens (including phenoxy) is 1. The maximum absolute atomic E-state index is 10.3. The molecule has 3 N–H and O–H groups in total. The van der Waals surface area contributed by atoms with Crippen LogP contribution in [0.4, 0.5) is 0 Å². The minimum absolute atomic E-state index is 0. The van der Waals surface area contributed by atoms with Crippen molar-refractivity contribution < 1.29 is 14.3 Å². The fourth-order valence-corrected chi connectivity index (χ4v) is 2.88. The number of hydrogen-bond acceptors (Lipinski definition) is 4. The first kappa shape index (κ1) is 21.7. The zero-order valence-electron chi connectivity index (χ0n) is 15.3. The molecule has 1 saturated heterocycles. The highest BCUT2D eigenvalue weighted by Crippen LogP contribution is 2.12. The van der Waals surface area contributed by atoms with Crippen molar-refractivity contribution in [1.29, 1.82) is 0 Å². The van der Waals surface area contributed by atoms with Gasteiger partial charge in [-0.15, -0.1) is 24.0 Å². The molecule has 1 aromatic heterocycles. The Morgan fingerprint density at radius 1 is 1.19 bits per heavy atom. The Kier molecular flexibility index (Phi) is 9.65. The summed E-state index contributed by atoms with van der Waals surface area (Å²) >= 11 is 0. The minimum Gasteiger partial charge on any atom is -0.469 e. The Balaban J connectivity index is 0.00000261. The highest BCUT2D eigenvalue weighted by molar-refractivity contribution is 14.0. The Hall–Kier alpha value is -1.58. The van der Waals surface area contributed by atoms with Gasteiger partial charge in [0.2, 0.25) is 0 Å². The van der Waals surface area contributed by atoms with Crippen LogP contribution in [0, 0.1) is 5.92 Å². The molecule has 2 aromatic rings. The van der Waals surface area contributed by atoms with Crippen LogP contribution in [0.1, 0.15) is 23.8 Å². The van der Waals surface area contributed by atoms with Crippen molar-refractivity contribution in [2.75, 3.05) is 32.8 Å². The van der Waals surface area contributed by atoms with Crippen LogP contribution in [0.15, 0.2) is 58.1 Å². The number of rotatable bonds is 8. The third-order valence-corrected chi connectivity index (χ3v) is 4.43. The molecule has 0 radical (unpaired) electrons. The van der Waals surface area contributed by atoms with Gasteiger partial charge in [0.1, 0.15) is 5.76 Å². The van der Waals surface area contributed by atoms with Gasteiger partial charge in [-0.25, -0.2) is 0 Å². The number of nitrogens with one attached hydrogen (secondary N) is 2. The molecule has 0 bridgehead atoms. The lowest BCUT2D eigenvalue weighted by Crippen LogP contribution is -2.41. The van der Waals surface area contributed by atoms with E-state index < -0.39 is 6.10 Å². The lowest BCUT2D eigenvalue weighted by Gasteiger charge is -2.16. The molecule has 0 amide bonds. The summed E-state index contributed by atoms with van der Waals surface area (Å²) in [6.07, 6.45) is 2.91. The van der Waals surface area contributed by atoms with Gasteiger partial charge < -0.3 is 24.9 Å². The first-order valence-electron chi connectivity index (χ1n) is 9.16. The first-order chi connectivity index (χ1) is 12.8. The number of aliphatic hydroxyl groups is 1. The van der Waals surface area contributed by atoms with Crippen molar-refractivity contribution in [3.63, 3.8) is 0 Å². The monoisotopic (exact) mass is 485 g/mol. The second kappa shape index (κ2) is 12.0. The van der Waals surface area contributed by atoms with Crippen molar-refractivity contribution in [2.45, 2.75) is 18.9 Å². The average molecular weight is 485 g/mol. The van der Waals surface area contributed by atoms with Crippen LogP contribution in [0.2, 0.25) is 0 Å². The van der Waals surface area contributed by atoms with E-state index in [-0.39, 0.29) is 24.0 Å². The molecule has 0 saturated carbocycles. The van der Waals surface area contributed by atoms with E-state index in [9.17, 15) is 5.11 Å². The van der Waals surface area contributed by atoms with Crippen molar-refractivity contribution in [1.82, 2.24) is 10.6 Å². The number of guanidine groups is 1. The smallest absolute Gasteiger partial charge is 0.191 e. The van der Waals surface area contributed by atoms with Crippen LogP contribution in [-0.4, -0.2) is 43.9 Å². The second-order valence-electron chi connectivity index (χ2n) is 6.48. The molecule has 2 atom stereocenters. The quantitative estimate of drug-likeness (QED) is 0.305. The van der Waals surface area contributed by atoms with Crippen molar-refractivity contribution in [3.05, 3.63) is 60.1 Å². The SMILES string of the molecule is I.OC(CN=C(NCCc1ccco1)NCC1CCOC1)c1ccccc1. The Labute approximate surface area is 177 Å². The van der Waals surface area contributed by atoms with Crippen LogP contribution >= 0.6 is 24.0 Å². The molecule has 1 aliphatic heterocycles. The molecule has 1 aliphatic rings. The molecule has 3 rings (SSSR count). The molecule has 27 heavy (non-hydrogen) atoms. The fourth-order valence-electron chi connectivity index (χ4n) is 2.88. The lowest BCUT2D eigenvalue weighted by atomic mass is 10.1. The summed E-state index contributed by atoms with van der Waals surface area (Å²) in [6.45, 7) is 3.45. The number of hydrogen-bond donors (Lipinski definition) is 3. The van der Waals surface area contributed by atoms with Crippen LogP contribution in [-0.2, 0) is 11.2 Å². The van der Waals surface area contributed by atoms with Crippen LogP contribution in [0.25, 0.3) is 0 Å². The summed E-state index contributed by atoms with van der Waals surface area (Å²) in [5.74, 6) is 2.15. The normalized spacial score (nSPS) is 18.0. The molecule has 7 heteroatoms. The summed E-state index contributed by atoms with van der Waals surface area (Å²) < 4.78 is 10.8. The topological polar surface area (TPSA) is 79.0 Å². The van der Waals surface area contributed by atoms with E-state index in [0.29, 0.717) is 25.0 Å². The Morgan fingerprint density at radius 2 is 2.04 bits per heavy atom. The highest BCUT2D eigenvalue weighted by atomic mass is 127. The third kappa shape index (κ3) is 7.51. The van der Waals surface area contributed by atoms with Gasteiger partial charge in [0.15, 0.2) is 5.96 Å². The number of benzene rings is 1. The maximum Gasteiger partial charge on any atom is 0.191 e. The number of aliphatic hydroxyl groups excluding tert-OH is 1. The fraction of sp³-hybridized carbons (Fsp3) is 0.450. The Bertz CT molecular complexity index is 658. The van der Waals surface area contributed by atoms with Gasteiger partial charge in [0, 0.05) is 32.0 Å². The zero-order valence-corrected chi connectivity index (χ0v) is 17.7. The Morgan fingerprint density at radius 3 is 2.74 bits per heavy atom. The van der Waals surface area contributed by atoms with Crippen molar-refractivity contribution in [3.8, 4) is 0 Å². The molecule has 0 aliphatic carbocycles. The largest absolute Gasteiger partial charge is 0.469 e. The molecule has 2 unspecified atom stereocenters. The van der Waals surface area contributed by atoms with Crippen LogP contribution in [0.3, 0.4) is 0 Å². The molecular weight excluding hydrogens is 457 g/mol. The van der Waals surface area contributed by atoms with Gasteiger partial charge >= 0.3 is 0 Å². The van der Waals surface area contributed by atoms with Crippen LogP contribution < -0.4 is 10.6 Å². The summed E-state index contributed by atoms with van der Waals surface area (Å²) in [4.78, 5) is 4.55. The number of furan rings is 1. The third-order valence-electron chi connectivity index (χ3n) is 4.43. The van der Waals surface area contributed by atoms with Gasteiger partial charge in [0.25, 0.3) is 0 Å². The number of nitrogens with zero attached hydrogens (tertiary/aromatic N) is 1. The van der Waals surface area contributed by atoms with Crippen molar-refractivity contribution in [2.24, 2.45) is 10.9 Å². The molecule has 1 aromatic carbocycles. The van der Waals surface area contributed by atoms with Gasteiger partial charge in [-0.3, -0.25) is 4.99 Å². The van der Waals surface area contributed by atoms with Crippen LogP contribution in [0.5, 0.6) is 0 Å². The van der Waals surface area contributed by atoms with Gasteiger partial charge in [-0.05, 0) is 24.1 Å². The molecule has 6 nitrogen and oxygen atoms in total. The lowest BCUT2D eigenvalue weighted by molar-refractivity contribution is 0.185. The molecule has 2 heterocycles. The number of aliphatic imine (C=N–C) groups is 1. The van der Waals surface area contributed by atoms with E-state index in [1.54, 1.807) is 6.26 Å². The van der Waals surface area contributed by atoms with Gasteiger partial charge in [-0.2, -0.15) is 0 Å². The van der Waals surface area contributed by atoms with E-state index in [0.717, 1.165) is 43.9 Å². The predicted molar refractivity (Wildman–Crippen MR) is 116 cm³/mol. The summed E-state index contributed by atoms with van der Waals surface area (Å²) in [7, 11) is 0. The minimum atomic E-state index is -0.616. The van der Waals surface area contributed by atoms with E-state index in [1.807, 2.05) is 42.5 Å². The summed E-state index contributed by atoms with van der Waals surface area (Å²) in [5.41, 5.74) is 0.871. The van der Waals surface area contributed by atoms with E-state index >= 15 is 0 Å². The predicted octanol–water partition coefficient (Wildman–Crippen LogP) is 2.75. The summed E-state index contributed by atoms with van der Waals surface area (Å²) in [6, 6.07) is 13.4. The first-order valence-corrected chi connectivity index (χ1v) is 9.16. The zero-order chi connectivity index (χ0) is 18.0. The second-order valence-corrected chi connectivity index (χ2v) is 6.48. The van der Waals surface area contributed by atoms with Crippen molar-refractivity contribution >= 4 is 29.9 Å². The molecule has 0 spiro atoms. The maximum atomic E-state index is 10.3. The van der Waals surface area contributed by atoms with Gasteiger partial charge in [0.05, 0.1) is 25.5 Å².